The average Bonchev–Trinajstić information content (AvgIpc) is 2.65. The highest BCUT2D eigenvalue weighted by Crippen LogP contribution is 2.29. The van der Waals surface area contributed by atoms with Gasteiger partial charge in [-0.2, -0.15) is 0 Å². The highest BCUT2D eigenvalue weighted by molar-refractivity contribution is 8.02. The topological polar surface area (TPSA) is 58.6 Å². The number of oxime groups is 1. The van der Waals surface area contributed by atoms with E-state index in [9.17, 15) is 0 Å². The number of thioether (sulfide) groups is 1. The lowest BCUT2D eigenvalue weighted by atomic mass is 10.3. The van der Waals surface area contributed by atoms with Gasteiger partial charge in [0.2, 0.25) is 0 Å². The van der Waals surface area contributed by atoms with Crippen molar-refractivity contribution in [2.75, 3.05) is 0 Å². The summed E-state index contributed by atoms with van der Waals surface area (Å²) in [7, 11) is 0. The van der Waals surface area contributed by atoms with Crippen molar-refractivity contribution in [1.29, 1.82) is 0 Å². The molecule has 5 heteroatoms. The average molecular weight is 216 g/mol. The number of hydrogen-bond acceptors (Lipinski definition) is 4. The highest BCUT2D eigenvalue weighted by atomic mass is 32.2. The van der Waals surface area contributed by atoms with E-state index in [2.05, 4.69) is 5.16 Å². The van der Waals surface area contributed by atoms with Gasteiger partial charge < -0.3 is 10.9 Å². The van der Waals surface area contributed by atoms with Gasteiger partial charge in [0.15, 0.2) is 5.84 Å². The second kappa shape index (κ2) is 5.14. The Bertz CT molecular complexity index is 272. The van der Waals surface area contributed by atoms with Crippen LogP contribution in [0, 0.1) is 0 Å². The molecule has 0 aromatic carbocycles. The van der Waals surface area contributed by atoms with Crippen LogP contribution in [-0.4, -0.2) is 16.3 Å². The maximum absolute atomic E-state index is 8.52. The molecule has 0 spiro atoms. The second-order valence-electron chi connectivity index (χ2n) is 2.47. The molecule has 1 atom stereocenters. The molecule has 0 aliphatic carbocycles. The van der Waals surface area contributed by atoms with Gasteiger partial charge in [0.25, 0.3) is 0 Å². The van der Waals surface area contributed by atoms with Crippen molar-refractivity contribution in [2.45, 2.75) is 22.8 Å². The molecule has 0 bridgehead atoms. The Labute approximate surface area is 85.6 Å². The van der Waals surface area contributed by atoms with Crippen LogP contribution in [0.4, 0.5) is 0 Å². The maximum Gasteiger partial charge on any atom is 0.152 e. The molecule has 3 nitrogen and oxygen atoms in total. The molecular formula is C8H12N2OS2. The maximum atomic E-state index is 8.52. The number of nitrogens with zero attached hydrogens (tertiary/aromatic N) is 1. The fourth-order valence-electron chi connectivity index (χ4n) is 0.888. The van der Waals surface area contributed by atoms with Crippen molar-refractivity contribution < 1.29 is 5.21 Å². The number of nitrogens with two attached hydrogens (primary N) is 1. The van der Waals surface area contributed by atoms with Gasteiger partial charge in [-0.25, -0.2) is 0 Å². The lowest BCUT2D eigenvalue weighted by molar-refractivity contribution is 0.317. The Balaban J connectivity index is 2.60. The molecule has 0 amide bonds. The lowest BCUT2D eigenvalue weighted by Crippen LogP contribution is -2.25. The molecule has 1 aromatic heterocycles. The van der Waals surface area contributed by atoms with Crippen LogP contribution in [0.25, 0.3) is 0 Å². The van der Waals surface area contributed by atoms with E-state index >= 15 is 0 Å². The van der Waals surface area contributed by atoms with Gasteiger partial charge in [-0.1, -0.05) is 18.1 Å². The summed E-state index contributed by atoms with van der Waals surface area (Å²) in [5, 5.41) is 13.6. The molecule has 3 N–H and O–H groups in total. The summed E-state index contributed by atoms with van der Waals surface area (Å²) in [6.45, 7) is 2.02. The summed E-state index contributed by atoms with van der Waals surface area (Å²) in [5.74, 6) is 0.293. The number of amidine groups is 1. The van der Waals surface area contributed by atoms with Crippen molar-refractivity contribution in [3.05, 3.63) is 17.5 Å². The van der Waals surface area contributed by atoms with Crippen LogP contribution < -0.4 is 5.73 Å². The van der Waals surface area contributed by atoms with Gasteiger partial charge in [0.1, 0.15) is 0 Å². The lowest BCUT2D eigenvalue weighted by Gasteiger charge is -2.10. The Kier molecular flexibility index (Phi) is 4.11. The first kappa shape index (κ1) is 10.4. The van der Waals surface area contributed by atoms with Crippen molar-refractivity contribution >= 4 is 28.9 Å². The van der Waals surface area contributed by atoms with E-state index in [4.69, 9.17) is 10.9 Å². The summed E-state index contributed by atoms with van der Waals surface area (Å²) in [6.07, 6.45) is 0.860. The summed E-state index contributed by atoms with van der Waals surface area (Å²) in [5.41, 5.74) is 5.53. The molecule has 0 radical (unpaired) electrons. The summed E-state index contributed by atoms with van der Waals surface area (Å²) in [6, 6.07) is 4.02. The molecule has 1 aromatic rings. The predicted molar refractivity (Wildman–Crippen MR) is 57.7 cm³/mol. The third kappa shape index (κ3) is 2.93. The van der Waals surface area contributed by atoms with E-state index in [0.29, 0.717) is 5.84 Å². The summed E-state index contributed by atoms with van der Waals surface area (Å²) in [4.78, 5) is 0. The molecule has 0 saturated heterocycles. The van der Waals surface area contributed by atoms with E-state index in [1.54, 1.807) is 23.1 Å². The van der Waals surface area contributed by atoms with Gasteiger partial charge in [0, 0.05) is 0 Å². The molecule has 0 aliphatic heterocycles. The zero-order valence-electron chi connectivity index (χ0n) is 7.30. The van der Waals surface area contributed by atoms with Crippen molar-refractivity contribution in [2.24, 2.45) is 10.9 Å². The second-order valence-corrected chi connectivity index (χ2v) is 4.92. The molecule has 72 valence electrons. The van der Waals surface area contributed by atoms with Gasteiger partial charge >= 0.3 is 0 Å². The third-order valence-electron chi connectivity index (χ3n) is 1.57. The number of thiophene rings is 1. The first-order valence-electron chi connectivity index (χ1n) is 3.95. The number of rotatable bonds is 4. The fourth-order valence-corrected chi connectivity index (χ4v) is 2.85. The van der Waals surface area contributed by atoms with Crippen LogP contribution in [0.3, 0.4) is 0 Å². The van der Waals surface area contributed by atoms with E-state index < -0.39 is 0 Å². The van der Waals surface area contributed by atoms with Gasteiger partial charge in [-0.15, -0.1) is 23.1 Å². The normalized spacial score (nSPS) is 14.4. The molecule has 0 aliphatic rings. The van der Waals surface area contributed by atoms with E-state index in [-0.39, 0.29) is 5.25 Å². The van der Waals surface area contributed by atoms with E-state index in [0.717, 1.165) is 6.42 Å². The standard InChI is InChI=1S/C8H12N2OS2/c1-2-6(8(9)10-11)13-7-4-3-5-12-7/h3-6,11H,2H2,1H3,(H2,9,10). The molecule has 13 heavy (non-hydrogen) atoms. The van der Waals surface area contributed by atoms with Crippen LogP contribution in [0.5, 0.6) is 0 Å². The SMILES string of the molecule is CCC(Sc1cccs1)C(N)=NO. The molecule has 0 fully saturated rings. The zero-order valence-corrected chi connectivity index (χ0v) is 8.94. The molecule has 1 rings (SSSR count). The quantitative estimate of drug-likeness (QED) is 0.267. The summed E-state index contributed by atoms with van der Waals surface area (Å²) < 4.78 is 1.19. The minimum Gasteiger partial charge on any atom is -0.409 e. The number of hydrogen-bond donors (Lipinski definition) is 2. The van der Waals surface area contributed by atoms with Crippen LogP contribution in [0.15, 0.2) is 26.9 Å². The Morgan fingerprint density at radius 3 is 3.08 bits per heavy atom. The monoisotopic (exact) mass is 216 g/mol. The molecular weight excluding hydrogens is 204 g/mol. The largest absolute Gasteiger partial charge is 0.409 e. The van der Waals surface area contributed by atoms with Crippen LogP contribution in [-0.2, 0) is 0 Å². The zero-order chi connectivity index (χ0) is 9.68. The van der Waals surface area contributed by atoms with Crippen molar-refractivity contribution in [3.8, 4) is 0 Å². The highest BCUT2D eigenvalue weighted by Gasteiger charge is 2.13. The Hall–Kier alpha value is -0.680. The molecule has 1 heterocycles. The predicted octanol–water partition coefficient (Wildman–Crippen LogP) is 2.37. The Morgan fingerprint density at radius 1 is 1.85 bits per heavy atom. The van der Waals surface area contributed by atoms with Crippen molar-refractivity contribution in [1.82, 2.24) is 0 Å². The van der Waals surface area contributed by atoms with Gasteiger partial charge in [0.05, 0.1) is 9.46 Å². The van der Waals surface area contributed by atoms with Gasteiger partial charge in [-0.3, -0.25) is 0 Å². The minimum atomic E-state index is 0.0728. The first-order valence-corrected chi connectivity index (χ1v) is 5.71. The van der Waals surface area contributed by atoms with Gasteiger partial charge in [-0.05, 0) is 17.9 Å². The van der Waals surface area contributed by atoms with Crippen LogP contribution in [0.1, 0.15) is 13.3 Å². The van der Waals surface area contributed by atoms with E-state index in [1.807, 2.05) is 24.4 Å². The van der Waals surface area contributed by atoms with Crippen molar-refractivity contribution in [3.63, 3.8) is 0 Å². The minimum absolute atomic E-state index is 0.0728. The van der Waals surface area contributed by atoms with Crippen LogP contribution >= 0.6 is 23.1 Å². The fraction of sp³-hybridized carbons (Fsp3) is 0.375. The van der Waals surface area contributed by atoms with E-state index in [1.165, 1.54) is 4.21 Å². The molecule has 0 saturated carbocycles. The first-order chi connectivity index (χ1) is 6.27. The van der Waals surface area contributed by atoms with Crippen LogP contribution in [0.2, 0.25) is 0 Å². The smallest absolute Gasteiger partial charge is 0.152 e. The molecule has 1 unspecified atom stereocenters. The Morgan fingerprint density at radius 2 is 2.62 bits per heavy atom. The summed E-state index contributed by atoms with van der Waals surface area (Å²) >= 11 is 3.30. The third-order valence-corrected chi connectivity index (χ3v) is 4.04.